The van der Waals surface area contributed by atoms with Gasteiger partial charge in [0.25, 0.3) is 0 Å². The molecule has 3 aromatic rings. The first-order chi connectivity index (χ1) is 15.1. The Morgan fingerprint density at radius 3 is 2.23 bits per heavy atom. The van der Waals surface area contributed by atoms with Crippen LogP contribution < -0.4 is 5.32 Å². The zero-order chi connectivity index (χ0) is 21.7. The fraction of sp³-hybridized carbons (Fsp3) is 0.269. The molecule has 0 saturated heterocycles. The molecule has 1 heterocycles. The molecule has 1 amide bonds. The Morgan fingerprint density at radius 1 is 1.00 bits per heavy atom. The summed E-state index contributed by atoms with van der Waals surface area (Å²) in [4.78, 5) is 12.2. The van der Waals surface area contributed by atoms with Crippen LogP contribution in [0.2, 0.25) is 0 Å². The Labute approximate surface area is 185 Å². The van der Waals surface area contributed by atoms with Gasteiger partial charge in [0.2, 0.25) is 5.91 Å². The summed E-state index contributed by atoms with van der Waals surface area (Å²) in [7, 11) is 0. The first-order valence-electron chi connectivity index (χ1n) is 10.6. The van der Waals surface area contributed by atoms with Gasteiger partial charge in [-0.2, -0.15) is 11.3 Å². The highest BCUT2D eigenvalue weighted by Gasteiger charge is 2.55. The summed E-state index contributed by atoms with van der Waals surface area (Å²) in [6, 6.07) is 15.0. The van der Waals surface area contributed by atoms with E-state index in [2.05, 4.69) is 22.1 Å². The molecular formula is C26H25F2NOS. The molecule has 5 heteroatoms. The third kappa shape index (κ3) is 5.10. The van der Waals surface area contributed by atoms with Gasteiger partial charge in [-0.3, -0.25) is 4.79 Å². The van der Waals surface area contributed by atoms with Crippen molar-refractivity contribution in [3.8, 4) is 0 Å². The van der Waals surface area contributed by atoms with Gasteiger partial charge in [-0.25, -0.2) is 8.78 Å². The maximum absolute atomic E-state index is 13.4. The van der Waals surface area contributed by atoms with Crippen LogP contribution >= 0.6 is 11.3 Å². The van der Waals surface area contributed by atoms with Crippen molar-refractivity contribution in [3.05, 3.63) is 106 Å². The van der Waals surface area contributed by atoms with E-state index in [9.17, 15) is 13.6 Å². The topological polar surface area (TPSA) is 29.1 Å². The van der Waals surface area contributed by atoms with Crippen molar-refractivity contribution >= 4 is 17.2 Å². The summed E-state index contributed by atoms with van der Waals surface area (Å²) >= 11 is 1.71. The summed E-state index contributed by atoms with van der Waals surface area (Å²) in [5, 5.41) is 7.18. The number of halogens is 2. The molecule has 0 bridgehead atoms. The largest absolute Gasteiger partial charge is 0.353 e. The first-order valence-corrected chi connectivity index (χ1v) is 11.5. The number of nitrogens with one attached hydrogen (secondary N) is 1. The molecule has 160 valence electrons. The number of thiophene rings is 1. The fourth-order valence-corrected chi connectivity index (χ4v) is 4.91. The van der Waals surface area contributed by atoms with Crippen LogP contribution in [0.5, 0.6) is 0 Å². The minimum Gasteiger partial charge on any atom is -0.353 e. The number of allylic oxidation sites excluding steroid dienone is 1. The second-order valence-electron chi connectivity index (χ2n) is 8.03. The zero-order valence-electron chi connectivity index (χ0n) is 17.2. The third-order valence-electron chi connectivity index (χ3n) is 5.98. The van der Waals surface area contributed by atoms with Gasteiger partial charge in [0.1, 0.15) is 11.6 Å². The minimum absolute atomic E-state index is 0.102. The molecule has 1 atom stereocenters. The van der Waals surface area contributed by atoms with Crippen molar-refractivity contribution in [1.29, 1.82) is 0 Å². The quantitative estimate of drug-likeness (QED) is 0.321. The van der Waals surface area contributed by atoms with E-state index in [1.165, 1.54) is 29.8 Å². The molecule has 0 radical (unpaired) electrons. The highest BCUT2D eigenvalue weighted by Crippen LogP contribution is 2.59. The summed E-state index contributed by atoms with van der Waals surface area (Å²) in [5.41, 5.74) is 2.95. The van der Waals surface area contributed by atoms with Gasteiger partial charge in [-0.05, 0) is 95.5 Å². The lowest BCUT2D eigenvalue weighted by molar-refractivity contribution is -0.116. The van der Waals surface area contributed by atoms with Gasteiger partial charge in [0.15, 0.2) is 0 Å². The average Bonchev–Trinajstić information content (AvgIpc) is 3.26. The van der Waals surface area contributed by atoms with Gasteiger partial charge in [-0.15, -0.1) is 0 Å². The molecule has 2 nitrogen and oxygen atoms in total. The normalized spacial score (nSPS) is 17.0. The van der Waals surface area contributed by atoms with E-state index in [1.807, 2.05) is 6.08 Å². The standard InChI is InChI=1S/C26H25F2NOS/c27-23-9-4-20(5-10-23)26(21-6-11-24(28)12-7-21)17-22(26)8-13-25(30)29-15-2-1-3-19-14-16-31-18-19/h4-14,16,18,22H,1-3,15,17H2,(H,29,30)/t22-/m1/s1. The molecule has 1 fully saturated rings. The van der Waals surface area contributed by atoms with E-state index in [0.29, 0.717) is 6.54 Å². The van der Waals surface area contributed by atoms with Gasteiger partial charge < -0.3 is 5.32 Å². The monoisotopic (exact) mass is 437 g/mol. The van der Waals surface area contributed by atoms with E-state index in [4.69, 9.17) is 0 Å². The highest BCUT2D eigenvalue weighted by atomic mass is 32.1. The number of hydrogen-bond donors (Lipinski definition) is 1. The van der Waals surface area contributed by atoms with Crippen molar-refractivity contribution in [3.63, 3.8) is 0 Å². The van der Waals surface area contributed by atoms with Crippen LogP contribution in [0.15, 0.2) is 77.5 Å². The molecule has 1 saturated carbocycles. The van der Waals surface area contributed by atoms with Gasteiger partial charge in [-0.1, -0.05) is 30.3 Å². The summed E-state index contributed by atoms with van der Waals surface area (Å²) in [6.45, 7) is 0.652. The minimum atomic E-state index is -0.348. The number of aryl methyl sites for hydroxylation is 1. The lowest BCUT2D eigenvalue weighted by Gasteiger charge is -2.18. The van der Waals surface area contributed by atoms with E-state index >= 15 is 0 Å². The SMILES string of the molecule is O=C(C=C[C@@H]1CC1(c1ccc(F)cc1)c1ccc(F)cc1)NCCCCc1ccsc1. The van der Waals surface area contributed by atoms with Crippen LogP contribution in [-0.4, -0.2) is 12.5 Å². The molecule has 4 rings (SSSR count). The van der Waals surface area contributed by atoms with Gasteiger partial charge in [0.05, 0.1) is 0 Å². The maximum atomic E-state index is 13.4. The molecule has 2 aromatic carbocycles. The van der Waals surface area contributed by atoms with Crippen LogP contribution in [0.25, 0.3) is 0 Å². The molecule has 0 aliphatic heterocycles. The molecule has 0 spiro atoms. The van der Waals surface area contributed by atoms with E-state index in [1.54, 1.807) is 41.7 Å². The first kappa shape index (κ1) is 21.4. The maximum Gasteiger partial charge on any atom is 0.243 e. The summed E-state index contributed by atoms with van der Waals surface area (Å²) in [5.74, 6) is -0.574. The van der Waals surface area contributed by atoms with E-state index in [0.717, 1.165) is 36.8 Å². The van der Waals surface area contributed by atoms with Gasteiger partial charge >= 0.3 is 0 Å². The molecule has 1 aliphatic rings. The Bertz CT molecular complexity index is 981. The lowest BCUT2D eigenvalue weighted by Crippen LogP contribution is -2.22. The average molecular weight is 438 g/mol. The predicted molar refractivity (Wildman–Crippen MR) is 121 cm³/mol. The molecule has 1 aliphatic carbocycles. The fourth-order valence-electron chi connectivity index (χ4n) is 4.21. The number of unbranched alkanes of at least 4 members (excludes halogenated alkanes) is 1. The number of carbonyl (C=O) groups excluding carboxylic acids is 1. The summed E-state index contributed by atoms with van der Waals surface area (Å²) in [6.07, 6.45) is 7.34. The Kier molecular flexibility index (Phi) is 6.62. The van der Waals surface area contributed by atoms with Crippen molar-refractivity contribution in [2.75, 3.05) is 6.54 Å². The number of rotatable bonds is 9. The number of benzene rings is 2. The number of hydrogen-bond acceptors (Lipinski definition) is 2. The molecular weight excluding hydrogens is 412 g/mol. The molecule has 1 aromatic heterocycles. The van der Waals surface area contributed by atoms with Crippen LogP contribution in [-0.2, 0) is 16.6 Å². The predicted octanol–water partition coefficient (Wildman–Crippen LogP) is 6.03. The van der Waals surface area contributed by atoms with Crippen molar-refractivity contribution in [1.82, 2.24) is 5.32 Å². The molecule has 31 heavy (non-hydrogen) atoms. The van der Waals surface area contributed by atoms with Gasteiger partial charge in [0, 0.05) is 12.0 Å². The van der Waals surface area contributed by atoms with Crippen molar-refractivity contribution < 1.29 is 13.6 Å². The Hall–Kier alpha value is -2.79. The van der Waals surface area contributed by atoms with Crippen LogP contribution in [0.4, 0.5) is 8.78 Å². The smallest absolute Gasteiger partial charge is 0.243 e. The second-order valence-corrected chi connectivity index (χ2v) is 8.81. The Balaban J connectivity index is 1.35. The van der Waals surface area contributed by atoms with Crippen molar-refractivity contribution in [2.45, 2.75) is 31.1 Å². The summed E-state index contributed by atoms with van der Waals surface area (Å²) < 4.78 is 26.9. The van der Waals surface area contributed by atoms with Crippen molar-refractivity contribution in [2.24, 2.45) is 5.92 Å². The van der Waals surface area contributed by atoms with E-state index < -0.39 is 0 Å². The highest BCUT2D eigenvalue weighted by molar-refractivity contribution is 7.07. The zero-order valence-corrected chi connectivity index (χ0v) is 18.0. The number of amides is 1. The lowest BCUT2D eigenvalue weighted by atomic mass is 9.85. The van der Waals surface area contributed by atoms with Crippen LogP contribution in [0, 0.1) is 17.6 Å². The number of carbonyl (C=O) groups is 1. The van der Waals surface area contributed by atoms with Crippen LogP contribution in [0.1, 0.15) is 36.0 Å². The molecule has 1 N–H and O–H groups in total. The third-order valence-corrected chi connectivity index (χ3v) is 6.72. The molecule has 0 unspecified atom stereocenters. The second kappa shape index (κ2) is 9.56. The van der Waals surface area contributed by atoms with Crippen LogP contribution in [0.3, 0.4) is 0 Å². The Morgan fingerprint density at radius 2 is 1.65 bits per heavy atom. The van der Waals surface area contributed by atoms with E-state index in [-0.39, 0.29) is 28.9 Å².